The largest absolute Gasteiger partial charge is 0.493 e. The van der Waals surface area contributed by atoms with Gasteiger partial charge in [-0.2, -0.15) is 0 Å². The minimum absolute atomic E-state index is 0.00571. The molecular formula is C22H28N2O2S. The fourth-order valence-corrected chi connectivity index (χ4v) is 5.35. The molecule has 2 atom stereocenters. The fourth-order valence-electron chi connectivity index (χ4n) is 4.64. The first-order chi connectivity index (χ1) is 13.2. The van der Waals surface area contributed by atoms with Crippen LogP contribution >= 0.6 is 11.3 Å². The standard InChI is InChI=1S/C22H28N2O2S/c1-2-26-21-11-4-3-10-20(21)22(25)23-16-13-17-7-5-8-18(14-16)24(17)15-19-9-6-12-27-19/h3-4,6,9-12,16-18H,2,5,7-8,13-15H2,1H3,(H,23,25). The zero-order valence-corrected chi connectivity index (χ0v) is 16.7. The number of amides is 1. The van der Waals surface area contributed by atoms with Gasteiger partial charge in [-0.1, -0.05) is 24.6 Å². The summed E-state index contributed by atoms with van der Waals surface area (Å²) in [6.45, 7) is 3.57. The van der Waals surface area contributed by atoms with Crippen molar-refractivity contribution in [3.63, 3.8) is 0 Å². The van der Waals surface area contributed by atoms with Crippen LogP contribution in [0.2, 0.25) is 0 Å². The van der Waals surface area contributed by atoms with Gasteiger partial charge in [-0.15, -0.1) is 11.3 Å². The van der Waals surface area contributed by atoms with Crippen LogP contribution in [-0.4, -0.2) is 35.5 Å². The van der Waals surface area contributed by atoms with Crippen molar-refractivity contribution in [3.8, 4) is 5.75 Å². The maximum Gasteiger partial charge on any atom is 0.255 e. The molecule has 0 saturated carbocycles. The lowest BCUT2D eigenvalue weighted by molar-refractivity contribution is 0.0184. The van der Waals surface area contributed by atoms with E-state index in [1.54, 1.807) is 0 Å². The van der Waals surface area contributed by atoms with Gasteiger partial charge in [0.15, 0.2) is 0 Å². The molecule has 2 aliphatic rings. The Labute approximate surface area is 165 Å². The van der Waals surface area contributed by atoms with E-state index in [1.165, 1.54) is 24.1 Å². The molecule has 2 aromatic rings. The van der Waals surface area contributed by atoms with Crippen molar-refractivity contribution in [2.24, 2.45) is 0 Å². The molecule has 5 heteroatoms. The second-order valence-electron chi connectivity index (χ2n) is 7.56. The Bertz CT molecular complexity index is 747. The lowest BCUT2D eigenvalue weighted by Gasteiger charge is -2.49. The molecule has 2 unspecified atom stereocenters. The number of carbonyl (C=O) groups excluding carboxylic acids is 1. The average molecular weight is 385 g/mol. The first-order valence-corrected chi connectivity index (χ1v) is 10.9. The molecule has 2 aliphatic heterocycles. The third-order valence-corrected chi connectivity index (χ3v) is 6.67. The van der Waals surface area contributed by atoms with Crippen LogP contribution in [0.5, 0.6) is 5.75 Å². The van der Waals surface area contributed by atoms with Gasteiger partial charge in [0.1, 0.15) is 5.75 Å². The van der Waals surface area contributed by atoms with Gasteiger partial charge in [0, 0.05) is 29.5 Å². The van der Waals surface area contributed by atoms with Crippen LogP contribution in [0.15, 0.2) is 41.8 Å². The van der Waals surface area contributed by atoms with Crippen LogP contribution in [0.1, 0.15) is 54.3 Å². The van der Waals surface area contributed by atoms with E-state index in [2.05, 4.69) is 27.7 Å². The molecule has 1 amide bonds. The molecule has 1 aromatic carbocycles. The Hall–Kier alpha value is -1.85. The van der Waals surface area contributed by atoms with Gasteiger partial charge in [-0.25, -0.2) is 0 Å². The molecule has 144 valence electrons. The summed E-state index contributed by atoms with van der Waals surface area (Å²) in [4.78, 5) is 17.0. The lowest BCUT2D eigenvalue weighted by atomic mass is 9.81. The molecular weight excluding hydrogens is 356 g/mol. The predicted molar refractivity (Wildman–Crippen MR) is 109 cm³/mol. The molecule has 1 N–H and O–H groups in total. The maximum absolute atomic E-state index is 12.9. The van der Waals surface area contributed by atoms with E-state index in [0.717, 1.165) is 19.4 Å². The van der Waals surface area contributed by atoms with Crippen molar-refractivity contribution in [3.05, 3.63) is 52.2 Å². The van der Waals surface area contributed by atoms with Crippen LogP contribution in [0.25, 0.3) is 0 Å². The van der Waals surface area contributed by atoms with E-state index in [4.69, 9.17) is 4.74 Å². The first-order valence-electron chi connectivity index (χ1n) is 10.1. The molecule has 2 bridgehead atoms. The Morgan fingerprint density at radius 2 is 1.96 bits per heavy atom. The minimum Gasteiger partial charge on any atom is -0.493 e. The van der Waals surface area contributed by atoms with E-state index in [0.29, 0.717) is 30.0 Å². The number of nitrogens with zero attached hydrogens (tertiary/aromatic N) is 1. The van der Waals surface area contributed by atoms with E-state index in [9.17, 15) is 4.79 Å². The van der Waals surface area contributed by atoms with Gasteiger partial charge in [-0.3, -0.25) is 9.69 Å². The number of para-hydroxylation sites is 1. The Kier molecular flexibility index (Phi) is 5.79. The molecule has 27 heavy (non-hydrogen) atoms. The summed E-state index contributed by atoms with van der Waals surface area (Å²) in [5.41, 5.74) is 0.644. The van der Waals surface area contributed by atoms with E-state index in [1.807, 2.05) is 42.5 Å². The summed E-state index contributed by atoms with van der Waals surface area (Å²) in [6, 6.07) is 13.3. The van der Waals surface area contributed by atoms with Crippen LogP contribution < -0.4 is 10.1 Å². The zero-order valence-electron chi connectivity index (χ0n) is 15.9. The van der Waals surface area contributed by atoms with E-state index in [-0.39, 0.29) is 11.9 Å². The van der Waals surface area contributed by atoms with Crippen molar-refractivity contribution < 1.29 is 9.53 Å². The maximum atomic E-state index is 12.9. The van der Waals surface area contributed by atoms with Gasteiger partial charge in [-0.05, 0) is 56.2 Å². The number of benzene rings is 1. The lowest BCUT2D eigenvalue weighted by Crippen LogP contribution is -2.56. The Balaban J connectivity index is 1.42. The highest BCUT2D eigenvalue weighted by Gasteiger charge is 2.38. The first kappa shape index (κ1) is 18.5. The summed E-state index contributed by atoms with van der Waals surface area (Å²) in [6.07, 6.45) is 5.88. The molecule has 2 fully saturated rings. The van der Waals surface area contributed by atoms with E-state index >= 15 is 0 Å². The molecule has 0 aliphatic carbocycles. The summed E-state index contributed by atoms with van der Waals surface area (Å²) in [7, 11) is 0. The van der Waals surface area contributed by atoms with Crippen molar-refractivity contribution in [2.45, 2.75) is 63.7 Å². The highest BCUT2D eigenvalue weighted by molar-refractivity contribution is 7.09. The Morgan fingerprint density at radius 3 is 2.67 bits per heavy atom. The quantitative estimate of drug-likeness (QED) is 0.799. The smallest absolute Gasteiger partial charge is 0.255 e. The third kappa shape index (κ3) is 4.19. The number of piperidine rings is 2. The molecule has 4 rings (SSSR count). The highest BCUT2D eigenvalue weighted by Crippen LogP contribution is 2.36. The number of carbonyl (C=O) groups is 1. The van der Waals surface area contributed by atoms with Gasteiger partial charge in [0.05, 0.1) is 12.2 Å². The molecule has 0 spiro atoms. The topological polar surface area (TPSA) is 41.6 Å². The second-order valence-corrected chi connectivity index (χ2v) is 8.59. The number of nitrogens with one attached hydrogen (secondary N) is 1. The summed E-state index contributed by atoms with van der Waals surface area (Å²) in [5, 5.41) is 5.46. The molecule has 0 radical (unpaired) electrons. The van der Waals surface area contributed by atoms with Crippen molar-refractivity contribution >= 4 is 17.2 Å². The summed E-state index contributed by atoms with van der Waals surface area (Å²) < 4.78 is 5.63. The summed E-state index contributed by atoms with van der Waals surface area (Å²) in [5.74, 6) is 0.668. The molecule has 4 nitrogen and oxygen atoms in total. The molecule has 3 heterocycles. The SMILES string of the molecule is CCOc1ccccc1C(=O)NC1CC2CCCC(C1)N2Cc1cccs1. The molecule has 1 aromatic heterocycles. The number of ether oxygens (including phenoxy) is 1. The molecule has 2 saturated heterocycles. The zero-order chi connectivity index (χ0) is 18.6. The number of fused-ring (bicyclic) bond motifs is 2. The van der Waals surface area contributed by atoms with Crippen molar-refractivity contribution in [2.75, 3.05) is 6.61 Å². The number of thiophene rings is 1. The van der Waals surface area contributed by atoms with Gasteiger partial charge in [0.2, 0.25) is 0 Å². The van der Waals surface area contributed by atoms with Gasteiger partial charge < -0.3 is 10.1 Å². The van der Waals surface area contributed by atoms with Gasteiger partial charge >= 0.3 is 0 Å². The van der Waals surface area contributed by atoms with Crippen LogP contribution in [-0.2, 0) is 6.54 Å². The van der Waals surface area contributed by atoms with Gasteiger partial charge in [0.25, 0.3) is 5.91 Å². The average Bonchev–Trinajstić information content (AvgIpc) is 3.16. The third-order valence-electron chi connectivity index (χ3n) is 5.81. The number of hydrogen-bond donors (Lipinski definition) is 1. The Morgan fingerprint density at radius 1 is 1.19 bits per heavy atom. The van der Waals surface area contributed by atoms with Crippen LogP contribution in [0.4, 0.5) is 0 Å². The van der Waals surface area contributed by atoms with Crippen LogP contribution in [0, 0.1) is 0 Å². The minimum atomic E-state index is -0.00571. The second kappa shape index (κ2) is 8.44. The predicted octanol–water partition coefficient (Wildman–Crippen LogP) is 4.46. The fraction of sp³-hybridized carbons (Fsp3) is 0.500. The van der Waals surface area contributed by atoms with Crippen LogP contribution in [0.3, 0.4) is 0 Å². The normalized spacial score (nSPS) is 25.1. The van der Waals surface area contributed by atoms with E-state index < -0.39 is 0 Å². The monoisotopic (exact) mass is 384 g/mol. The number of hydrogen-bond acceptors (Lipinski definition) is 4. The highest BCUT2D eigenvalue weighted by atomic mass is 32.1. The van der Waals surface area contributed by atoms with Crippen molar-refractivity contribution in [1.29, 1.82) is 0 Å². The number of rotatable bonds is 6. The summed E-state index contributed by atoms with van der Waals surface area (Å²) >= 11 is 1.84. The van der Waals surface area contributed by atoms with Crippen molar-refractivity contribution in [1.82, 2.24) is 10.2 Å².